The van der Waals surface area contributed by atoms with Gasteiger partial charge in [0.05, 0.1) is 5.41 Å². The highest BCUT2D eigenvalue weighted by atomic mass is 14.5. The third-order valence-electron chi connectivity index (χ3n) is 11.0. The molecule has 0 amide bonds. The van der Waals surface area contributed by atoms with Gasteiger partial charge in [-0.2, -0.15) is 0 Å². The zero-order valence-corrected chi connectivity index (χ0v) is 25.7. The zero-order valence-electron chi connectivity index (χ0n) is 25.7. The lowest BCUT2D eigenvalue weighted by Gasteiger charge is -2.31. The molecule has 1 spiro atoms. The van der Waals surface area contributed by atoms with Gasteiger partial charge in [0, 0.05) is 0 Å². The summed E-state index contributed by atoms with van der Waals surface area (Å²) in [6.07, 6.45) is 0. The molecule has 0 aliphatic heterocycles. The summed E-state index contributed by atoms with van der Waals surface area (Å²) in [6.45, 7) is 0. The molecular formula is C47H28. The molecule has 0 saturated carbocycles. The topological polar surface area (TPSA) is 0 Å². The zero-order chi connectivity index (χ0) is 30.7. The van der Waals surface area contributed by atoms with E-state index < -0.39 is 5.41 Å². The van der Waals surface area contributed by atoms with Crippen LogP contribution in [0.4, 0.5) is 0 Å². The SMILES string of the molecule is c1ccc2c(c1)-c1ccccc1C21c2ccccc2-c2c(-c3cc4c5ccccc5ccc4c4ccccc34)cc3ccccc3c21. The number of fused-ring (bicyclic) bond motifs is 17. The summed E-state index contributed by atoms with van der Waals surface area (Å²) < 4.78 is 0. The molecular weight excluding hydrogens is 565 g/mol. The summed E-state index contributed by atoms with van der Waals surface area (Å²) >= 11 is 0. The van der Waals surface area contributed by atoms with E-state index in [1.165, 1.54) is 98.7 Å². The maximum Gasteiger partial charge on any atom is 0.0731 e. The first-order chi connectivity index (χ1) is 23.3. The van der Waals surface area contributed by atoms with Crippen LogP contribution < -0.4 is 0 Å². The van der Waals surface area contributed by atoms with Gasteiger partial charge in [-0.05, 0) is 111 Å². The van der Waals surface area contributed by atoms with Crippen molar-refractivity contribution < 1.29 is 0 Å². The minimum Gasteiger partial charge on any atom is -0.0619 e. The quantitative estimate of drug-likeness (QED) is 0.166. The first kappa shape index (κ1) is 25.2. The van der Waals surface area contributed by atoms with Crippen molar-refractivity contribution in [2.45, 2.75) is 5.41 Å². The average Bonchev–Trinajstić information content (AvgIpc) is 3.62. The lowest BCUT2D eigenvalue weighted by Crippen LogP contribution is -2.26. The van der Waals surface area contributed by atoms with Crippen LogP contribution in [-0.2, 0) is 5.41 Å². The van der Waals surface area contributed by atoms with E-state index in [9.17, 15) is 0 Å². The van der Waals surface area contributed by atoms with Gasteiger partial charge in [0.15, 0.2) is 0 Å². The predicted molar refractivity (Wildman–Crippen MR) is 198 cm³/mol. The molecule has 0 bridgehead atoms. The van der Waals surface area contributed by atoms with Gasteiger partial charge in [0.2, 0.25) is 0 Å². The molecule has 216 valence electrons. The Hall–Kier alpha value is -5.98. The smallest absolute Gasteiger partial charge is 0.0619 e. The molecule has 0 N–H and O–H groups in total. The maximum absolute atomic E-state index is 2.48. The molecule has 0 unspecified atom stereocenters. The second kappa shape index (κ2) is 9.06. The van der Waals surface area contributed by atoms with Gasteiger partial charge in [-0.1, -0.05) is 158 Å². The molecule has 0 fully saturated rings. The van der Waals surface area contributed by atoms with Gasteiger partial charge < -0.3 is 0 Å². The van der Waals surface area contributed by atoms with Crippen molar-refractivity contribution in [3.05, 3.63) is 192 Å². The Kier molecular flexibility index (Phi) is 4.86. The summed E-state index contributed by atoms with van der Waals surface area (Å²) in [6, 6.07) is 63.8. The van der Waals surface area contributed by atoms with E-state index >= 15 is 0 Å². The van der Waals surface area contributed by atoms with Crippen LogP contribution in [0.5, 0.6) is 0 Å². The van der Waals surface area contributed by atoms with Gasteiger partial charge in [0.1, 0.15) is 0 Å². The van der Waals surface area contributed by atoms with Crippen molar-refractivity contribution in [1.29, 1.82) is 0 Å². The molecule has 2 aliphatic carbocycles. The van der Waals surface area contributed by atoms with Crippen LogP contribution in [0.2, 0.25) is 0 Å². The lowest BCUT2D eigenvalue weighted by atomic mass is 9.69. The maximum atomic E-state index is 2.48. The molecule has 9 aromatic rings. The Morgan fingerprint density at radius 3 is 1.51 bits per heavy atom. The van der Waals surface area contributed by atoms with E-state index in [1.54, 1.807) is 0 Å². The monoisotopic (exact) mass is 592 g/mol. The molecule has 0 atom stereocenters. The molecule has 0 heterocycles. The largest absolute Gasteiger partial charge is 0.0731 e. The van der Waals surface area contributed by atoms with Crippen LogP contribution in [0.15, 0.2) is 170 Å². The highest BCUT2D eigenvalue weighted by molar-refractivity contribution is 6.22. The normalized spacial score (nSPS) is 13.7. The van der Waals surface area contributed by atoms with Gasteiger partial charge in [-0.25, -0.2) is 0 Å². The second-order valence-corrected chi connectivity index (χ2v) is 13.1. The Morgan fingerprint density at radius 1 is 0.277 bits per heavy atom. The van der Waals surface area contributed by atoms with Crippen LogP contribution in [0.1, 0.15) is 22.3 Å². The van der Waals surface area contributed by atoms with Gasteiger partial charge in [-0.3, -0.25) is 0 Å². The fourth-order valence-corrected chi connectivity index (χ4v) is 9.27. The first-order valence-electron chi connectivity index (χ1n) is 16.5. The Morgan fingerprint density at radius 2 is 0.787 bits per heavy atom. The molecule has 0 radical (unpaired) electrons. The highest BCUT2D eigenvalue weighted by Crippen LogP contribution is 2.65. The third-order valence-corrected chi connectivity index (χ3v) is 11.0. The number of hydrogen-bond donors (Lipinski definition) is 0. The van der Waals surface area contributed by atoms with Crippen molar-refractivity contribution in [2.75, 3.05) is 0 Å². The second-order valence-electron chi connectivity index (χ2n) is 13.1. The van der Waals surface area contributed by atoms with E-state index in [4.69, 9.17) is 0 Å². The fourth-order valence-electron chi connectivity index (χ4n) is 9.27. The molecule has 11 rings (SSSR count). The van der Waals surface area contributed by atoms with E-state index in [0.717, 1.165) is 0 Å². The summed E-state index contributed by atoms with van der Waals surface area (Å²) in [5.41, 5.74) is 13.1. The minimum atomic E-state index is -0.409. The van der Waals surface area contributed by atoms with Gasteiger partial charge in [0.25, 0.3) is 0 Å². The summed E-state index contributed by atoms with van der Waals surface area (Å²) in [4.78, 5) is 0. The number of hydrogen-bond acceptors (Lipinski definition) is 0. The van der Waals surface area contributed by atoms with Gasteiger partial charge in [-0.15, -0.1) is 0 Å². The molecule has 47 heavy (non-hydrogen) atoms. The minimum absolute atomic E-state index is 0.409. The molecule has 0 aromatic heterocycles. The van der Waals surface area contributed by atoms with Crippen LogP contribution >= 0.6 is 0 Å². The Labute approximate surface area is 273 Å². The molecule has 2 aliphatic rings. The van der Waals surface area contributed by atoms with E-state index in [2.05, 4.69) is 170 Å². The Balaban J connectivity index is 1.38. The van der Waals surface area contributed by atoms with Crippen molar-refractivity contribution in [1.82, 2.24) is 0 Å². The van der Waals surface area contributed by atoms with Crippen LogP contribution in [0.3, 0.4) is 0 Å². The summed E-state index contributed by atoms with van der Waals surface area (Å²) in [5.74, 6) is 0. The highest BCUT2D eigenvalue weighted by Gasteiger charge is 2.53. The average molecular weight is 593 g/mol. The number of benzene rings is 9. The van der Waals surface area contributed by atoms with E-state index in [1.807, 2.05) is 0 Å². The van der Waals surface area contributed by atoms with E-state index in [0.29, 0.717) is 0 Å². The van der Waals surface area contributed by atoms with Crippen molar-refractivity contribution >= 4 is 43.1 Å². The standard InChI is InChI=1S/C47H28/c1-3-15-31-29(13-1)25-26-35-33-17-5-6-18-34(33)40(28-39(31)35)41-27-30-14-2-4-16-32(30)46-45(41)38-21-9-12-24-44(38)47(46)42-22-10-7-19-36(42)37-20-8-11-23-43(37)47/h1-28H. The molecule has 0 nitrogen and oxygen atoms in total. The molecule has 0 saturated heterocycles. The van der Waals surface area contributed by atoms with Crippen molar-refractivity contribution in [2.24, 2.45) is 0 Å². The third kappa shape index (κ3) is 3.08. The van der Waals surface area contributed by atoms with Gasteiger partial charge >= 0.3 is 0 Å². The van der Waals surface area contributed by atoms with E-state index in [-0.39, 0.29) is 0 Å². The predicted octanol–water partition coefficient (Wildman–Crippen LogP) is 12.3. The molecule has 0 heteroatoms. The van der Waals surface area contributed by atoms with Crippen molar-refractivity contribution in [3.63, 3.8) is 0 Å². The lowest BCUT2D eigenvalue weighted by molar-refractivity contribution is 0.801. The summed E-state index contributed by atoms with van der Waals surface area (Å²) in [5, 5.41) is 10.4. The van der Waals surface area contributed by atoms with Crippen LogP contribution in [0.25, 0.3) is 76.5 Å². The van der Waals surface area contributed by atoms with Crippen LogP contribution in [-0.4, -0.2) is 0 Å². The number of rotatable bonds is 1. The van der Waals surface area contributed by atoms with Crippen molar-refractivity contribution in [3.8, 4) is 33.4 Å². The van der Waals surface area contributed by atoms with Crippen LogP contribution in [0, 0.1) is 0 Å². The fraction of sp³-hybridized carbons (Fsp3) is 0.0213. The molecule has 9 aromatic carbocycles. The summed E-state index contributed by atoms with van der Waals surface area (Å²) in [7, 11) is 0. The Bertz CT molecular complexity index is 2750. The first-order valence-corrected chi connectivity index (χ1v) is 16.5.